The summed E-state index contributed by atoms with van der Waals surface area (Å²) in [5.41, 5.74) is -1.25. The van der Waals surface area contributed by atoms with Crippen molar-refractivity contribution in [2.24, 2.45) is 0 Å². The Morgan fingerprint density at radius 3 is 2.92 bits per heavy atom. The lowest BCUT2D eigenvalue weighted by molar-refractivity contribution is -0.136. The number of nitrogens with one attached hydrogen (secondary N) is 1. The fraction of sp³-hybridized carbons (Fsp3) is 0.389. The zero-order valence-corrected chi connectivity index (χ0v) is 14.8. The van der Waals surface area contributed by atoms with E-state index in [0.29, 0.717) is 17.8 Å². The van der Waals surface area contributed by atoms with Crippen LogP contribution in [0.2, 0.25) is 0 Å². The summed E-state index contributed by atoms with van der Waals surface area (Å²) >= 11 is 1.38. The van der Waals surface area contributed by atoms with E-state index >= 15 is 4.39 Å². The number of piperidine rings is 1. The van der Waals surface area contributed by atoms with Crippen LogP contribution in [0.5, 0.6) is 0 Å². The molecule has 1 fully saturated rings. The Balaban J connectivity index is 1.64. The van der Waals surface area contributed by atoms with E-state index in [1.165, 1.54) is 16.2 Å². The molecule has 2 amide bonds. The van der Waals surface area contributed by atoms with Gasteiger partial charge < -0.3 is 10.2 Å². The van der Waals surface area contributed by atoms with Gasteiger partial charge in [0.25, 0.3) is 11.8 Å². The summed E-state index contributed by atoms with van der Waals surface area (Å²) in [4.78, 5) is 31.9. The minimum atomic E-state index is -2.05. The van der Waals surface area contributed by atoms with Crippen LogP contribution in [0, 0.1) is 6.92 Å². The predicted molar refractivity (Wildman–Crippen MR) is 94.1 cm³/mol. The van der Waals surface area contributed by atoms with Gasteiger partial charge in [0.1, 0.15) is 0 Å². The molecule has 7 heteroatoms. The standard InChI is InChI=1S/C18H20FN3O2S/c1-13-5-6-15(25-13)16(23)22-9-3-7-18(19,12-22)17(24)21-11-14-4-2-8-20-10-14/h2,4-6,8,10H,3,7,9,11-12H2,1H3,(H,21,24). The highest BCUT2D eigenvalue weighted by atomic mass is 32.1. The topological polar surface area (TPSA) is 62.3 Å². The Hall–Kier alpha value is -2.28. The van der Waals surface area contributed by atoms with Gasteiger partial charge in [-0.1, -0.05) is 6.07 Å². The average molecular weight is 361 g/mol. The summed E-state index contributed by atoms with van der Waals surface area (Å²) in [6.45, 7) is 2.40. The molecule has 5 nitrogen and oxygen atoms in total. The molecule has 1 aliphatic heterocycles. The van der Waals surface area contributed by atoms with E-state index in [9.17, 15) is 9.59 Å². The molecule has 25 heavy (non-hydrogen) atoms. The Labute approximate surface area is 149 Å². The third-order valence-corrected chi connectivity index (χ3v) is 5.25. The van der Waals surface area contributed by atoms with Gasteiger partial charge in [0.15, 0.2) is 0 Å². The zero-order chi connectivity index (χ0) is 17.9. The van der Waals surface area contributed by atoms with E-state index in [1.54, 1.807) is 24.5 Å². The summed E-state index contributed by atoms with van der Waals surface area (Å²) in [5, 5.41) is 2.62. The molecule has 0 spiro atoms. The molecule has 1 atom stereocenters. The van der Waals surface area contributed by atoms with Crippen molar-refractivity contribution >= 4 is 23.2 Å². The molecule has 3 rings (SSSR count). The molecule has 0 aromatic carbocycles. The second-order valence-electron chi connectivity index (χ2n) is 6.25. The summed E-state index contributed by atoms with van der Waals surface area (Å²) in [6, 6.07) is 7.19. The Morgan fingerprint density at radius 1 is 1.40 bits per heavy atom. The smallest absolute Gasteiger partial charge is 0.264 e. The van der Waals surface area contributed by atoms with E-state index in [2.05, 4.69) is 10.3 Å². The SMILES string of the molecule is Cc1ccc(C(=O)N2CCCC(F)(C(=O)NCc3cccnc3)C2)s1. The molecular weight excluding hydrogens is 341 g/mol. The van der Waals surface area contributed by atoms with Crippen LogP contribution in [0.3, 0.4) is 0 Å². The number of alkyl halides is 1. The third-order valence-electron chi connectivity index (χ3n) is 4.26. The van der Waals surface area contributed by atoms with Crippen molar-refractivity contribution in [1.82, 2.24) is 15.2 Å². The van der Waals surface area contributed by atoms with Gasteiger partial charge in [0, 0.05) is 30.4 Å². The second kappa shape index (κ2) is 7.31. The highest BCUT2D eigenvalue weighted by Gasteiger charge is 2.44. The van der Waals surface area contributed by atoms with Crippen molar-refractivity contribution in [3.05, 3.63) is 52.0 Å². The number of rotatable bonds is 4. The molecular formula is C18H20FN3O2S. The lowest BCUT2D eigenvalue weighted by Crippen LogP contribution is -2.55. The number of pyridine rings is 1. The number of aromatic nitrogens is 1. The Morgan fingerprint density at radius 2 is 2.24 bits per heavy atom. The molecule has 0 radical (unpaired) electrons. The molecule has 0 saturated carbocycles. The molecule has 2 aromatic heterocycles. The van der Waals surface area contributed by atoms with Crippen LogP contribution in [0.1, 0.15) is 33.0 Å². The van der Waals surface area contributed by atoms with Gasteiger partial charge in [-0.3, -0.25) is 14.6 Å². The maximum atomic E-state index is 15.2. The van der Waals surface area contributed by atoms with Crippen LogP contribution in [0.15, 0.2) is 36.7 Å². The van der Waals surface area contributed by atoms with Gasteiger partial charge in [0.05, 0.1) is 11.4 Å². The fourth-order valence-corrected chi connectivity index (χ4v) is 3.75. The highest BCUT2D eigenvalue weighted by Crippen LogP contribution is 2.28. The van der Waals surface area contributed by atoms with Gasteiger partial charge in [-0.15, -0.1) is 11.3 Å². The molecule has 2 aromatic rings. The first-order chi connectivity index (χ1) is 12.0. The minimum Gasteiger partial charge on any atom is -0.349 e. The number of thiophene rings is 1. The largest absolute Gasteiger partial charge is 0.349 e. The second-order valence-corrected chi connectivity index (χ2v) is 7.54. The normalized spacial score (nSPS) is 20.3. The molecule has 0 aliphatic carbocycles. The van der Waals surface area contributed by atoms with E-state index in [0.717, 1.165) is 10.4 Å². The number of carbonyl (C=O) groups is 2. The zero-order valence-electron chi connectivity index (χ0n) is 14.0. The first-order valence-electron chi connectivity index (χ1n) is 8.20. The van der Waals surface area contributed by atoms with Crippen molar-refractivity contribution in [2.75, 3.05) is 13.1 Å². The van der Waals surface area contributed by atoms with Crippen LogP contribution in [0.25, 0.3) is 0 Å². The third kappa shape index (κ3) is 4.04. The van der Waals surface area contributed by atoms with Crippen LogP contribution in [-0.4, -0.2) is 40.5 Å². The van der Waals surface area contributed by atoms with Gasteiger partial charge in [0.2, 0.25) is 5.67 Å². The molecule has 1 unspecified atom stereocenters. The van der Waals surface area contributed by atoms with E-state index < -0.39 is 11.6 Å². The van der Waals surface area contributed by atoms with Gasteiger partial charge in [-0.05, 0) is 43.5 Å². The van der Waals surface area contributed by atoms with E-state index in [1.807, 2.05) is 19.1 Å². The lowest BCUT2D eigenvalue weighted by atomic mass is 9.93. The maximum absolute atomic E-state index is 15.2. The average Bonchev–Trinajstić information content (AvgIpc) is 3.06. The van der Waals surface area contributed by atoms with Crippen molar-refractivity contribution in [1.29, 1.82) is 0 Å². The number of aryl methyl sites for hydroxylation is 1. The number of hydrogen-bond acceptors (Lipinski definition) is 4. The van der Waals surface area contributed by atoms with Crippen LogP contribution >= 0.6 is 11.3 Å². The summed E-state index contributed by atoms with van der Waals surface area (Å²) < 4.78 is 15.2. The summed E-state index contributed by atoms with van der Waals surface area (Å²) in [6.07, 6.45) is 3.85. The first-order valence-corrected chi connectivity index (χ1v) is 9.01. The predicted octanol–water partition coefficient (Wildman–Crippen LogP) is 2.71. The molecule has 0 bridgehead atoms. The Bertz CT molecular complexity index is 765. The van der Waals surface area contributed by atoms with Gasteiger partial charge >= 0.3 is 0 Å². The van der Waals surface area contributed by atoms with Crippen molar-refractivity contribution in [3.63, 3.8) is 0 Å². The molecule has 1 N–H and O–H groups in total. The van der Waals surface area contributed by atoms with Crippen LogP contribution in [0.4, 0.5) is 4.39 Å². The van der Waals surface area contributed by atoms with Crippen molar-refractivity contribution in [3.8, 4) is 0 Å². The maximum Gasteiger partial charge on any atom is 0.264 e. The van der Waals surface area contributed by atoms with Crippen LogP contribution in [-0.2, 0) is 11.3 Å². The number of carbonyl (C=O) groups excluding carboxylic acids is 2. The number of hydrogen-bond donors (Lipinski definition) is 1. The Kier molecular flexibility index (Phi) is 5.13. The molecule has 1 saturated heterocycles. The van der Waals surface area contributed by atoms with E-state index in [4.69, 9.17) is 0 Å². The number of likely N-dealkylation sites (tertiary alicyclic amines) is 1. The number of halogens is 1. The van der Waals surface area contributed by atoms with Gasteiger partial charge in [-0.2, -0.15) is 0 Å². The number of amides is 2. The highest BCUT2D eigenvalue weighted by molar-refractivity contribution is 7.13. The molecule has 132 valence electrons. The van der Waals surface area contributed by atoms with Crippen molar-refractivity contribution < 1.29 is 14.0 Å². The number of nitrogens with zero attached hydrogens (tertiary/aromatic N) is 2. The quantitative estimate of drug-likeness (QED) is 0.911. The van der Waals surface area contributed by atoms with Crippen LogP contribution < -0.4 is 5.32 Å². The fourth-order valence-electron chi connectivity index (χ4n) is 2.92. The molecule has 1 aliphatic rings. The first kappa shape index (κ1) is 17.5. The lowest BCUT2D eigenvalue weighted by Gasteiger charge is -2.36. The van der Waals surface area contributed by atoms with Gasteiger partial charge in [-0.25, -0.2) is 4.39 Å². The summed E-state index contributed by atoms with van der Waals surface area (Å²) in [5.74, 6) is -0.879. The van der Waals surface area contributed by atoms with Crippen molar-refractivity contribution in [2.45, 2.75) is 32.0 Å². The summed E-state index contributed by atoms with van der Waals surface area (Å²) in [7, 11) is 0. The monoisotopic (exact) mass is 361 g/mol. The minimum absolute atomic E-state index is 0.124. The van der Waals surface area contributed by atoms with E-state index in [-0.39, 0.29) is 25.4 Å². The molecule has 3 heterocycles.